The molecule has 0 aromatic heterocycles. The van der Waals surface area contributed by atoms with Crippen molar-refractivity contribution in [1.29, 1.82) is 0 Å². The molecule has 25 heavy (non-hydrogen) atoms. The molecule has 1 fully saturated rings. The molecule has 1 saturated heterocycles. The molecule has 1 aliphatic rings. The van der Waals surface area contributed by atoms with Crippen molar-refractivity contribution in [3.8, 4) is 17.2 Å². The molecule has 0 amide bonds. The first-order valence-electron chi connectivity index (χ1n) is 9.10. The SMILES string of the molecule is Cc1ccc(Oc2c(F)cccc2OCCCN2CCCCC2)cc1. The van der Waals surface area contributed by atoms with Crippen LogP contribution in [-0.2, 0) is 0 Å². The number of hydrogen-bond donors (Lipinski definition) is 0. The molecule has 2 aromatic carbocycles. The van der Waals surface area contributed by atoms with Gasteiger partial charge in [-0.05, 0) is 63.5 Å². The molecule has 0 aliphatic carbocycles. The van der Waals surface area contributed by atoms with Gasteiger partial charge in [-0.1, -0.05) is 30.2 Å². The van der Waals surface area contributed by atoms with Gasteiger partial charge in [0.1, 0.15) is 5.75 Å². The van der Waals surface area contributed by atoms with Crippen molar-refractivity contribution in [2.45, 2.75) is 32.6 Å². The number of likely N-dealkylation sites (tertiary alicyclic amines) is 1. The van der Waals surface area contributed by atoms with Gasteiger partial charge >= 0.3 is 0 Å². The quantitative estimate of drug-likeness (QED) is 0.647. The molecular formula is C21H26FNO2. The normalized spacial score (nSPS) is 15.1. The number of aryl methyl sites for hydroxylation is 1. The summed E-state index contributed by atoms with van der Waals surface area (Å²) < 4.78 is 25.7. The summed E-state index contributed by atoms with van der Waals surface area (Å²) in [5.74, 6) is 0.812. The third-order valence-corrected chi connectivity index (χ3v) is 4.50. The molecule has 0 N–H and O–H groups in total. The van der Waals surface area contributed by atoms with Crippen LogP contribution in [0.15, 0.2) is 42.5 Å². The number of nitrogens with zero attached hydrogens (tertiary/aromatic N) is 1. The van der Waals surface area contributed by atoms with E-state index in [9.17, 15) is 4.39 Å². The monoisotopic (exact) mass is 343 g/mol. The van der Waals surface area contributed by atoms with Crippen molar-refractivity contribution >= 4 is 0 Å². The minimum Gasteiger partial charge on any atom is -0.490 e. The fourth-order valence-electron chi connectivity index (χ4n) is 3.08. The van der Waals surface area contributed by atoms with Gasteiger partial charge < -0.3 is 14.4 Å². The molecular weight excluding hydrogens is 317 g/mol. The number of rotatable bonds is 7. The van der Waals surface area contributed by atoms with Crippen LogP contribution in [0, 0.1) is 12.7 Å². The van der Waals surface area contributed by atoms with E-state index in [0.29, 0.717) is 18.1 Å². The van der Waals surface area contributed by atoms with Crippen LogP contribution in [0.1, 0.15) is 31.2 Å². The number of piperidine rings is 1. The molecule has 2 aromatic rings. The Labute approximate surface area is 149 Å². The van der Waals surface area contributed by atoms with Crippen molar-refractivity contribution in [3.63, 3.8) is 0 Å². The zero-order valence-electron chi connectivity index (χ0n) is 14.8. The predicted molar refractivity (Wildman–Crippen MR) is 98.1 cm³/mol. The molecule has 4 heteroatoms. The van der Waals surface area contributed by atoms with Gasteiger partial charge in [-0.3, -0.25) is 0 Å². The number of hydrogen-bond acceptors (Lipinski definition) is 3. The van der Waals surface area contributed by atoms with Crippen LogP contribution in [0.2, 0.25) is 0 Å². The maximum absolute atomic E-state index is 14.2. The van der Waals surface area contributed by atoms with Crippen LogP contribution < -0.4 is 9.47 Å². The van der Waals surface area contributed by atoms with Gasteiger partial charge in [-0.2, -0.15) is 0 Å². The third kappa shape index (κ3) is 5.20. The first kappa shape index (κ1) is 17.7. The standard InChI is InChI=1S/C21H26FNO2/c1-17-9-11-18(12-10-17)25-21-19(22)7-5-8-20(21)24-16-6-15-23-13-3-2-4-14-23/h5,7-12H,2-4,6,13-16H2,1H3. The molecule has 1 aliphatic heterocycles. The van der Waals surface area contributed by atoms with E-state index < -0.39 is 5.82 Å². The number of ether oxygens (including phenoxy) is 2. The van der Waals surface area contributed by atoms with Crippen molar-refractivity contribution in [1.82, 2.24) is 4.90 Å². The van der Waals surface area contributed by atoms with E-state index in [1.807, 2.05) is 31.2 Å². The lowest BCUT2D eigenvalue weighted by Gasteiger charge is -2.26. The second kappa shape index (κ2) is 8.86. The van der Waals surface area contributed by atoms with Crippen LogP contribution in [0.25, 0.3) is 0 Å². The Bertz CT molecular complexity index is 666. The van der Waals surface area contributed by atoms with Crippen LogP contribution in [-0.4, -0.2) is 31.1 Å². The summed E-state index contributed by atoms with van der Waals surface area (Å²) >= 11 is 0. The van der Waals surface area contributed by atoms with Crippen molar-refractivity contribution in [2.75, 3.05) is 26.2 Å². The smallest absolute Gasteiger partial charge is 0.204 e. The van der Waals surface area contributed by atoms with E-state index >= 15 is 0 Å². The van der Waals surface area contributed by atoms with Crippen molar-refractivity contribution < 1.29 is 13.9 Å². The minimum absolute atomic E-state index is 0.157. The third-order valence-electron chi connectivity index (χ3n) is 4.50. The zero-order chi connectivity index (χ0) is 17.5. The second-order valence-corrected chi connectivity index (χ2v) is 6.59. The molecule has 0 spiro atoms. The molecule has 0 bridgehead atoms. The fourth-order valence-corrected chi connectivity index (χ4v) is 3.08. The topological polar surface area (TPSA) is 21.7 Å². The molecule has 3 nitrogen and oxygen atoms in total. The minimum atomic E-state index is -0.408. The lowest BCUT2D eigenvalue weighted by molar-refractivity contribution is 0.203. The summed E-state index contributed by atoms with van der Waals surface area (Å²) in [7, 11) is 0. The van der Waals surface area contributed by atoms with Gasteiger partial charge in [-0.25, -0.2) is 4.39 Å². The highest BCUT2D eigenvalue weighted by molar-refractivity contribution is 5.44. The highest BCUT2D eigenvalue weighted by atomic mass is 19.1. The Balaban J connectivity index is 1.57. The fraction of sp³-hybridized carbons (Fsp3) is 0.429. The highest BCUT2D eigenvalue weighted by Gasteiger charge is 2.13. The molecule has 1 heterocycles. The van der Waals surface area contributed by atoms with Gasteiger partial charge in [0.15, 0.2) is 11.6 Å². The summed E-state index contributed by atoms with van der Waals surface area (Å²) in [6.07, 6.45) is 4.86. The molecule has 0 unspecified atom stereocenters. The Morgan fingerprint density at radius 1 is 1.00 bits per heavy atom. The molecule has 3 rings (SSSR count). The van der Waals surface area contributed by atoms with Gasteiger partial charge in [0.25, 0.3) is 0 Å². The second-order valence-electron chi connectivity index (χ2n) is 6.59. The van der Waals surface area contributed by atoms with E-state index in [-0.39, 0.29) is 5.75 Å². The van der Waals surface area contributed by atoms with E-state index in [0.717, 1.165) is 18.5 Å². The molecule has 0 saturated carbocycles. The van der Waals surface area contributed by atoms with E-state index in [1.165, 1.54) is 38.4 Å². The molecule has 134 valence electrons. The number of benzene rings is 2. The maximum atomic E-state index is 14.2. The van der Waals surface area contributed by atoms with Gasteiger partial charge in [0.2, 0.25) is 5.75 Å². The Morgan fingerprint density at radius 2 is 1.76 bits per heavy atom. The molecule has 0 atom stereocenters. The summed E-state index contributed by atoms with van der Waals surface area (Å²) in [5.41, 5.74) is 1.13. The largest absolute Gasteiger partial charge is 0.490 e. The summed E-state index contributed by atoms with van der Waals surface area (Å²) in [4.78, 5) is 2.47. The van der Waals surface area contributed by atoms with Crippen molar-refractivity contribution in [3.05, 3.63) is 53.8 Å². The Kier molecular flexibility index (Phi) is 6.29. The van der Waals surface area contributed by atoms with Crippen LogP contribution in [0.3, 0.4) is 0 Å². The summed E-state index contributed by atoms with van der Waals surface area (Å²) in [5, 5.41) is 0. The molecule has 0 radical (unpaired) electrons. The van der Waals surface area contributed by atoms with Gasteiger partial charge in [0, 0.05) is 6.54 Å². The average molecular weight is 343 g/mol. The van der Waals surface area contributed by atoms with E-state index in [2.05, 4.69) is 4.90 Å². The van der Waals surface area contributed by atoms with Crippen LogP contribution >= 0.6 is 0 Å². The van der Waals surface area contributed by atoms with E-state index in [4.69, 9.17) is 9.47 Å². The van der Waals surface area contributed by atoms with Gasteiger partial charge in [-0.15, -0.1) is 0 Å². The number of halogens is 1. The lowest BCUT2D eigenvalue weighted by atomic mass is 10.1. The first-order chi connectivity index (χ1) is 12.2. The Morgan fingerprint density at radius 3 is 2.52 bits per heavy atom. The number of para-hydroxylation sites is 1. The zero-order valence-corrected chi connectivity index (χ0v) is 14.8. The van der Waals surface area contributed by atoms with E-state index in [1.54, 1.807) is 12.1 Å². The predicted octanol–water partition coefficient (Wildman–Crippen LogP) is 5.18. The van der Waals surface area contributed by atoms with Gasteiger partial charge in [0.05, 0.1) is 6.61 Å². The van der Waals surface area contributed by atoms with Crippen LogP contribution in [0.5, 0.6) is 17.2 Å². The highest BCUT2D eigenvalue weighted by Crippen LogP contribution is 2.34. The maximum Gasteiger partial charge on any atom is 0.204 e. The van der Waals surface area contributed by atoms with Crippen molar-refractivity contribution in [2.24, 2.45) is 0 Å². The van der Waals surface area contributed by atoms with Crippen LogP contribution in [0.4, 0.5) is 4.39 Å². The average Bonchev–Trinajstić information content (AvgIpc) is 2.64. The summed E-state index contributed by atoms with van der Waals surface area (Å²) in [6, 6.07) is 12.4. The summed E-state index contributed by atoms with van der Waals surface area (Å²) in [6.45, 7) is 5.96. The Hall–Kier alpha value is -2.07. The first-order valence-corrected chi connectivity index (χ1v) is 9.10. The lowest BCUT2D eigenvalue weighted by Crippen LogP contribution is -2.31.